The first kappa shape index (κ1) is 10.6. The van der Waals surface area contributed by atoms with Crippen LogP contribution in [0.5, 0.6) is 0 Å². The molecule has 0 aromatic carbocycles. The van der Waals surface area contributed by atoms with E-state index >= 15 is 0 Å². The zero-order valence-corrected chi connectivity index (χ0v) is 9.85. The summed E-state index contributed by atoms with van der Waals surface area (Å²) in [6.07, 6.45) is 4.54. The van der Waals surface area contributed by atoms with Crippen LogP contribution in [0.4, 0.5) is 11.9 Å². The van der Waals surface area contributed by atoms with Crippen molar-refractivity contribution in [1.29, 1.82) is 0 Å². The molecule has 0 atom stereocenters. The van der Waals surface area contributed by atoms with E-state index < -0.39 is 0 Å². The van der Waals surface area contributed by atoms with Crippen LogP contribution in [-0.4, -0.2) is 34.2 Å². The van der Waals surface area contributed by atoms with Crippen molar-refractivity contribution in [3.05, 3.63) is 10.5 Å². The molecule has 0 unspecified atom stereocenters. The predicted octanol–water partition coefficient (Wildman–Crippen LogP) is 0.444. The first-order valence-corrected chi connectivity index (χ1v) is 6.32. The van der Waals surface area contributed by atoms with Crippen molar-refractivity contribution in [2.75, 3.05) is 29.9 Å². The Kier molecular flexibility index (Phi) is 2.70. The number of aromatic nitrogens is 3. The van der Waals surface area contributed by atoms with Gasteiger partial charge >= 0.3 is 5.69 Å². The standard InChI is InChI=1S/C11H17N5O/c17-11-14-10(15-6-2-1-3-7-15)13-9-12-5-4-8-16(9)11/h1-8H2,(H,12,13,14,17). The van der Waals surface area contributed by atoms with Gasteiger partial charge < -0.3 is 10.2 Å². The van der Waals surface area contributed by atoms with Gasteiger partial charge in [-0.25, -0.2) is 4.79 Å². The summed E-state index contributed by atoms with van der Waals surface area (Å²) < 4.78 is 1.62. The fourth-order valence-corrected chi connectivity index (χ4v) is 2.43. The molecule has 1 N–H and O–H groups in total. The Morgan fingerprint density at radius 3 is 2.65 bits per heavy atom. The van der Waals surface area contributed by atoms with Gasteiger partial charge in [0.05, 0.1) is 0 Å². The molecule has 2 aliphatic heterocycles. The minimum Gasteiger partial charge on any atom is -0.355 e. The maximum Gasteiger partial charge on any atom is 0.353 e. The van der Waals surface area contributed by atoms with E-state index in [-0.39, 0.29) is 5.69 Å². The third-order valence-corrected chi connectivity index (χ3v) is 3.37. The van der Waals surface area contributed by atoms with Crippen LogP contribution in [-0.2, 0) is 6.54 Å². The first-order valence-electron chi connectivity index (χ1n) is 6.32. The van der Waals surface area contributed by atoms with Crippen molar-refractivity contribution in [2.45, 2.75) is 32.2 Å². The normalized spacial score (nSPS) is 19.6. The number of anilines is 2. The van der Waals surface area contributed by atoms with Crippen LogP contribution in [0.25, 0.3) is 0 Å². The smallest absolute Gasteiger partial charge is 0.353 e. The van der Waals surface area contributed by atoms with Crippen molar-refractivity contribution in [3.63, 3.8) is 0 Å². The van der Waals surface area contributed by atoms with Crippen LogP contribution in [0.2, 0.25) is 0 Å². The summed E-state index contributed by atoms with van der Waals surface area (Å²) in [4.78, 5) is 22.5. The van der Waals surface area contributed by atoms with E-state index in [4.69, 9.17) is 0 Å². The molecule has 92 valence electrons. The largest absolute Gasteiger partial charge is 0.355 e. The second-order valence-corrected chi connectivity index (χ2v) is 4.61. The first-order chi connectivity index (χ1) is 8.34. The van der Waals surface area contributed by atoms with E-state index in [0.29, 0.717) is 11.9 Å². The molecule has 2 aliphatic rings. The lowest BCUT2D eigenvalue weighted by atomic mass is 10.1. The summed E-state index contributed by atoms with van der Waals surface area (Å²) in [5.74, 6) is 1.27. The number of piperidine rings is 1. The van der Waals surface area contributed by atoms with Crippen molar-refractivity contribution in [1.82, 2.24) is 14.5 Å². The van der Waals surface area contributed by atoms with Crippen molar-refractivity contribution < 1.29 is 0 Å². The Bertz CT molecular complexity index is 463. The summed E-state index contributed by atoms with van der Waals surface area (Å²) in [6.45, 7) is 3.53. The summed E-state index contributed by atoms with van der Waals surface area (Å²) in [6, 6.07) is 0. The van der Waals surface area contributed by atoms with Gasteiger partial charge in [-0.2, -0.15) is 9.97 Å². The lowest BCUT2D eigenvalue weighted by Crippen LogP contribution is -2.37. The summed E-state index contributed by atoms with van der Waals surface area (Å²) in [7, 11) is 0. The van der Waals surface area contributed by atoms with Gasteiger partial charge in [-0.05, 0) is 25.7 Å². The quantitative estimate of drug-likeness (QED) is 0.765. The molecular formula is C11H17N5O. The molecule has 17 heavy (non-hydrogen) atoms. The average Bonchev–Trinajstić information content (AvgIpc) is 2.40. The lowest BCUT2D eigenvalue weighted by molar-refractivity contribution is 0.547. The molecule has 0 amide bonds. The molecule has 1 aromatic heterocycles. The lowest BCUT2D eigenvalue weighted by Gasteiger charge is -2.27. The van der Waals surface area contributed by atoms with Gasteiger partial charge in [0.25, 0.3) is 0 Å². The SMILES string of the molecule is O=c1nc(N2CCCCC2)nc2n1CCCN2. The minimum atomic E-state index is -0.178. The van der Waals surface area contributed by atoms with Gasteiger partial charge in [-0.15, -0.1) is 0 Å². The third-order valence-electron chi connectivity index (χ3n) is 3.37. The van der Waals surface area contributed by atoms with E-state index in [0.717, 1.165) is 45.4 Å². The Morgan fingerprint density at radius 1 is 1.00 bits per heavy atom. The molecule has 0 bridgehead atoms. The van der Waals surface area contributed by atoms with Gasteiger partial charge in [0.1, 0.15) is 0 Å². The van der Waals surface area contributed by atoms with E-state index in [2.05, 4.69) is 20.2 Å². The second-order valence-electron chi connectivity index (χ2n) is 4.61. The van der Waals surface area contributed by atoms with Crippen molar-refractivity contribution in [2.24, 2.45) is 0 Å². The van der Waals surface area contributed by atoms with Gasteiger partial charge in [0.15, 0.2) is 0 Å². The predicted molar refractivity (Wildman–Crippen MR) is 65.5 cm³/mol. The Labute approximate surface area is 99.7 Å². The molecule has 1 saturated heterocycles. The molecule has 0 saturated carbocycles. The topological polar surface area (TPSA) is 63.1 Å². The molecule has 0 aliphatic carbocycles. The summed E-state index contributed by atoms with van der Waals surface area (Å²) >= 11 is 0. The number of fused-ring (bicyclic) bond motifs is 1. The van der Waals surface area contributed by atoms with Crippen LogP contribution in [0.3, 0.4) is 0 Å². The number of hydrogen-bond acceptors (Lipinski definition) is 5. The van der Waals surface area contributed by atoms with Crippen LogP contribution in [0.15, 0.2) is 4.79 Å². The second kappa shape index (κ2) is 4.35. The van der Waals surface area contributed by atoms with Gasteiger partial charge in [-0.1, -0.05) is 0 Å². The van der Waals surface area contributed by atoms with Crippen LogP contribution >= 0.6 is 0 Å². The van der Waals surface area contributed by atoms with E-state index in [1.807, 2.05) is 0 Å². The van der Waals surface area contributed by atoms with Gasteiger partial charge in [0.2, 0.25) is 11.9 Å². The summed E-state index contributed by atoms with van der Waals surface area (Å²) in [5, 5.41) is 3.17. The van der Waals surface area contributed by atoms with E-state index in [9.17, 15) is 4.79 Å². The Hall–Kier alpha value is -1.59. The number of nitrogens with zero attached hydrogens (tertiary/aromatic N) is 4. The highest BCUT2D eigenvalue weighted by Gasteiger charge is 2.18. The molecule has 0 spiro atoms. The molecule has 6 heteroatoms. The number of rotatable bonds is 1. The number of hydrogen-bond donors (Lipinski definition) is 1. The van der Waals surface area contributed by atoms with Crippen LogP contribution in [0.1, 0.15) is 25.7 Å². The monoisotopic (exact) mass is 235 g/mol. The summed E-state index contributed by atoms with van der Waals surface area (Å²) in [5.41, 5.74) is -0.178. The average molecular weight is 235 g/mol. The molecule has 3 rings (SSSR count). The Morgan fingerprint density at radius 2 is 1.82 bits per heavy atom. The van der Waals surface area contributed by atoms with E-state index in [1.165, 1.54) is 6.42 Å². The zero-order valence-electron chi connectivity index (χ0n) is 9.85. The highest BCUT2D eigenvalue weighted by molar-refractivity contribution is 5.37. The molecule has 0 radical (unpaired) electrons. The Balaban J connectivity index is 1.95. The third kappa shape index (κ3) is 1.99. The minimum absolute atomic E-state index is 0.178. The highest BCUT2D eigenvalue weighted by atomic mass is 16.1. The van der Waals surface area contributed by atoms with Crippen LogP contribution in [0, 0.1) is 0 Å². The van der Waals surface area contributed by atoms with Crippen LogP contribution < -0.4 is 15.9 Å². The van der Waals surface area contributed by atoms with Crippen molar-refractivity contribution in [3.8, 4) is 0 Å². The van der Waals surface area contributed by atoms with Gasteiger partial charge in [0, 0.05) is 26.2 Å². The molecular weight excluding hydrogens is 218 g/mol. The maximum absolute atomic E-state index is 11.9. The van der Waals surface area contributed by atoms with Crippen molar-refractivity contribution >= 4 is 11.9 Å². The number of nitrogens with one attached hydrogen (secondary N) is 1. The van der Waals surface area contributed by atoms with Gasteiger partial charge in [-0.3, -0.25) is 4.57 Å². The molecule has 1 aromatic rings. The molecule has 3 heterocycles. The molecule has 1 fully saturated rings. The zero-order chi connectivity index (χ0) is 11.7. The fourth-order valence-electron chi connectivity index (χ4n) is 2.43. The highest BCUT2D eigenvalue weighted by Crippen LogP contribution is 2.16. The molecule has 6 nitrogen and oxygen atoms in total. The maximum atomic E-state index is 11.9. The fraction of sp³-hybridized carbons (Fsp3) is 0.727. The van der Waals surface area contributed by atoms with E-state index in [1.54, 1.807) is 4.57 Å².